The molecule has 0 fully saturated rings. The number of methoxy groups -OCH3 is 1. The number of carbonyl (C=O) groups is 2. The molecular formula is C30H25Cl2N11O4. The van der Waals surface area contributed by atoms with E-state index in [2.05, 4.69) is 40.9 Å². The van der Waals surface area contributed by atoms with Gasteiger partial charge in [-0.1, -0.05) is 29.3 Å². The van der Waals surface area contributed by atoms with Crippen LogP contribution < -0.4 is 16.6 Å². The second-order valence-corrected chi connectivity index (χ2v) is 11.2. The van der Waals surface area contributed by atoms with Crippen LogP contribution in [0.4, 0.5) is 5.82 Å². The fraction of sp³-hybridized carbons (Fsp3) is 0.133. The Balaban J connectivity index is 1.34. The highest BCUT2D eigenvalue weighted by atomic mass is 35.5. The number of hydrogen-bond acceptors (Lipinski definition) is 10. The zero-order valence-corrected chi connectivity index (χ0v) is 26.2. The molecule has 0 saturated carbocycles. The number of aromatic amines is 2. The van der Waals surface area contributed by atoms with Gasteiger partial charge in [0.15, 0.2) is 0 Å². The van der Waals surface area contributed by atoms with Crippen LogP contribution in [0.3, 0.4) is 0 Å². The second-order valence-electron chi connectivity index (χ2n) is 10.3. The van der Waals surface area contributed by atoms with Crippen molar-refractivity contribution < 1.29 is 14.3 Å². The van der Waals surface area contributed by atoms with E-state index in [1.807, 2.05) is 0 Å². The van der Waals surface area contributed by atoms with Crippen LogP contribution in [-0.4, -0.2) is 63.9 Å². The summed E-state index contributed by atoms with van der Waals surface area (Å²) in [6.45, 7) is 0. The zero-order valence-electron chi connectivity index (χ0n) is 24.7. The molecule has 5 N–H and O–H groups in total. The van der Waals surface area contributed by atoms with E-state index in [4.69, 9.17) is 33.7 Å². The lowest BCUT2D eigenvalue weighted by atomic mass is 10.0. The highest BCUT2D eigenvalue weighted by Gasteiger charge is 2.24. The fourth-order valence-electron chi connectivity index (χ4n) is 5.06. The predicted molar refractivity (Wildman–Crippen MR) is 174 cm³/mol. The van der Waals surface area contributed by atoms with Crippen LogP contribution in [0.15, 0.2) is 65.9 Å². The third kappa shape index (κ3) is 6.61. The molecule has 1 amide bonds. The molecule has 2 aromatic carbocycles. The number of nitrogens with zero attached hydrogens (tertiary/aromatic N) is 7. The lowest BCUT2D eigenvalue weighted by Gasteiger charge is -2.15. The van der Waals surface area contributed by atoms with E-state index in [1.54, 1.807) is 60.4 Å². The molecule has 15 nitrogen and oxygen atoms in total. The average Bonchev–Trinajstić information content (AvgIpc) is 3.79. The average molecular weight is 675 g/mol. The molecule has 0 aliphatic rings. The third-order valence-corrected chi connectivity index (χ3v) is 7.74. The van der Waals surface area contributed by atoms with Crippen LogP contribution in [0.1, 0.15) is 33.5 Å². The van der Waals surface area contributed by atoms with E-state index in [0.717, 1.165) is 0 Å². The van der Waals surface area contributed by atoms with Gasteiger partial charge in [-0.2, -0.15) is 9.78 Å². The van der Waals surface area contributed by atoms with Crippen molar-refractivity contribution in [3.8, 4) is 16.9 Å². The summed E-state index contributed by atoms with van der Waals surface area (Å²) in [6, 6.07) is 10.6. The number of nitrogens with one attached hydrogen (secondary N) is 3. The number of H-pyrrole nitrogens is 2. The molecule has 6 aromatic rings. The lowest BCUT2D eigenvalue weighted by molar-refractivity contribution is -0.117. The summed E-state index contributed by atoms with van der Waals surface area (Å²) in [6.07, 6.45) is 6.18. The van der Waals surface area contributed by atoms with E-state index in [-0.39, 0.29) is 17.8 Å². The molecule has 1 atom stereocenters. The number of halogens is 2. The van der Waals surface area contributed by atoms with Crippen molar-refractivity contribution in [2.24, 2.45) is 7.05 Å². The van der Waals surface area contributed by atoms with Crippen molar-refractivity contribution in [3.05, 3.63) is 104 Å². The molecule has 0 saturated heterocycles. The Hall–Kier alpha value is -5.80. The van der Waals surface area contributed by atoms with E-state index >= 15 is 0 Å². The van der Waals surface area contributed by atoms with Crippen LogP contribution in [-0.2, 0) is 23.0 Å². The maximum atomic E-state index is 13.3. The van der Waals surface area contributed by atoms with Gasteiger partial charge in [0, 0.05) is 58.9 Å². The quantitative estimate of drug-likeness (QED) is 0.130. The number of benzene rings is 2. The summed E-state index contributed by atoms with van der Waals surface area (Å²) in [5, 5.41) is 19.9. The summed E-state index contributed by atoms with van der Waals surface area (Å²) in [4.78, 5) is 48.3. The van der Waals surface area contributed by atoms with Crippen molar-refractivity contribution in [1.82, 2.24) is 50.3 Å². The summed E-state index contributed by atoms with van der Waals surface area (Å²) in [7, 11) is 2.97. The van der Waals surface area contributed by atoms with Crippen LogP contribution in [0, 0.1) is 0 Å². The molecule has 47 heavy (non-hydrogen) atoms. The summed E-state index contributed by atoms with van der Waals surface area (Å²) in [5.74, 6) is -0.663. The predicted octanol–water partition coefficient (Wildman–Crippen LogP) is 3.42. The summed E-state index contributed by atoms with van der Waals surface area (Å²) in [5.41, 5.74) is 9.18. The highest BCUT2D eigenvalue weighted by molar-refractivity contribution is 6.31. The van der Waals surface area contributed by atoms with E-state index in [0.29, 0.717) is 55.0 Å². The molecule has 0 spiro atoms. The van der Waals surface area contributed by atoms with Gasteiger partial charge in [0.1, 0.15) is 18.0 Å². The number of rotatable bonds is 9. The minimum absolute atomic E-state index is 0.0936. The lowest BCUT2D eigenvalue weighted by Crippen LogP contribution is -2.29. The monoisotopic (exact) mass is 673 g/mol. The first-order valence-corrected chi connectivity index (χ1v) is 14.7. The molecule has 4 aromatic heterocycles. The second kappa shape index (κ2) is 12.9. The number of aryl methyl sites for hydroxylation is 1. The van der Waals surface area contributed by atoms with Crippen molar-refractivity contribution in [3.63, 3.8) is 0 Å². The molecule has 238 valence electrons. The molecule has 4 heterocycles. The Morgan fingerprint density at radius 3 is 2.70 bits per heavy atom. The van der Waals surface area contributed by atoms with E-state index < -0.39 is 23.5 Å². The molecule has 0 aliphatic carbocycles. The van der Waals surface area contributed by atoms with E-state index in [9.17, 15) is 14.4 Å². The Kier molecular flexibility index (Phi) is 8.56. The third-order valence-electron chi connectivity index (χ3n) is 7.19. The molecule has 0 bridgehead atoms. The number of nitrogens with two attached hydrogens (primary N) is 1. The van der Waals surface area contributed by atoms with Crippen LogP contribution >= 0.6 is 23.2 Å². The molecule has 0 aliphatic heterocycles. The Morgan fingerprint density at radius 2 is 1.98 bits per heavy atom. The summed E-state index contributed by atoms with van der Waals surface area (Å²) < 4.78 is 7.89. The van der Waals surface area contributed by atoms with Gasteiger partial charge >= 0.3 is 5.97 Å². The van der Waals surface area contributed by atoms with Gasteiger partial charge in [-0.25, -0.2) is 9.78 Å². The van der Waals surface area contributed by atoms with Crippen molar-refractivity contribution in [1.29, 1.82) is 0 Å². The largest absolute Gasteiger partial charge is 0.465 e. The molecule has 0 unspecified atom stereocenters. The van der Waals surface area contributed by atoms with Crippen molar-refractivity contribution in [2.45, 2.75) is 12.5 Å². The molecular weight excluding hydrogens is 649 g/mol. The highest BCUT2D eigenvalue weighted by Crippen LogP contribution is 2.31. The number of nitrogen functional groups attached to an aromatic ring is 1. The maximum Gasteiger partial charge on any atom is 0.338 e. The first-order valence-electron chi connectivity index (χ1n) is 13.9. The van der Waals surface area contributed by atoms with Gasteiger partial charge in [-0.3, -0.25) is 14.3 Å². The number of hydrogen-bond donors (Lipinski definition) is 4. The Bertz CT molecular complexity index is 2220. The number of tetrazole rings is 1. The molecule has 17 heteroatoms. The zero-order chi connectivity index (χ0) is 33.2. The van der Waals surface area contributed by atoms with Gasteiger partial charge in [-0.15, -0.1) is 5.10 Å². The first kappa shape index (κ1) is 31.2. The number of aromatic nitrogens is 9. The van der Waals surface area contributed by atoms with Gasteiger partial charge in [0.25, 0.3) is 0 Å². The smallest absolute Gasteiger partial charge is 0.338 e. The molecule has 0 radical (unpaired) electrons. The van der Waals surface area contributed by atoms with Crippen molar-refractivity contribution in [2.75, 3.05) is 12.8 Å². The van der Waals surface area contributed by atoms with Gasteiger partial charge in [0.05, 0.1) is 40.8 Å². The Labute approximate surface area is 275 Å². The number of esters is 1. The molecule has 6 rings (SSSR count). The first-order chi connectivity index (χ1) is 22.6. The normalized spacial score (nSPS) is 12.1. The number of imidazole rings is 1. The van der Waals surface area contributed by atoms with Crippen LogP contribution in [0.25, 0.3) is 33.9 Å². The minimum atomic E-state index is -0.753. The number of anilines is 1. The van der Waals surface area contributed by atoms with Gasteiger partial charge in [0.2, 0.25) is 11.5 Å². The number of amides is 1. The Morgan fingerprint density at radius 1 is 1.15 bits per heavy atom. The van der Waals surface area contributed by atoms with Gasteiger partial charge < -0.3 is 25.8 Å². The summed E-state index contributed by atoms with van der Waals surface area (Å²) >= 11 is 12.7. The standard InChI is InChI=1S/C30H25Cl2N11O4/c1-42-13-20(32)22(39-42)12-23(36-25(44)8-4-15-9-17(31)5-7-24(15)43-14-34-40-41-43)29-37-27(28(33)38-29)16-3-6-21-18(10-16)19(30(46)47-2)11-26(45)35-21/h3-11,13-14,23H,12,33H2,1-2H3,(H,35,45)(H,36,44)(H,37,38)/b8-4+/t23-/m0/s1. The van der Waals surface area contributed by atoms with Crippen LogP contribution in [0.5, 0.6) is 0 Å². The van der Waals surface area contributed by atoms with Crippen molar-refractivity contribution >= 4 is 57.9 Å². The number of carbonyl (C=O) groups excluding carboxylic acids is 2. The maximum absolute atomic E-state index is 13.3. The topological polar surface area (TPSA) is 204 Å². The van der Waals surface area contributed by atoms with E-state index in [1.165, 1.54) is 30.3 Å². The number of ether oxygens (including phenoxy) is 1. The minimum Gasteiger partial charge on any atom is -0.465 e. The number of pyridine rings is 1. The SMILES string of the molecule is COC(=O)c1cc(=O)[nH]c2ccc(-c3[nH]c([C@H](Cc4nn(C)cc4Cl)NC(=O)/C=C/c4cc(Cl)ccc4-n4cnnn4)nc3N)cc12. The van der Waals surface area contributed by atoms with Crippen LogP contribution in [0.2, 0.25) is 10.0 Å². The number of fused-ring (bicyclic) bond motifs is 1. The van der Waals surface area contributed by atoms with Gasteiger partial charge in [-0.05, 0) is 46.8 Å². The fourth-order valence-corrected chi connectivity index (χ4v) is 5.49.